The van der Waals surface area contributed by atoms with Gasteiger partial charge < -0.3 is 34.9 Å². The van der Waals surface area contributed by atoms with E-state index in [1.807, 2.05) is 85.2 Å². The van der Waals surface area contributed by atoms with Gasteiger partial charge in [0.05, 0.1) is 17.1 Å². The number of benzene rings is 7. The molecule has 0 fully saturated rings. The quantitative estimate of drug-likeness (QED) is 0.0492. The number of nitrogens with zero attached hydrogens (tertiary/aromatic N) is 9. The lowest BCUT2D eigenvalue weighted by Gasteiger charge is -2.07. The van der Waals surface area contributed by atoms with E-state index in [9.17, 15) is 4.79 Å². The molecule has 15 aromatic rings. The number of nitriles is 3. The van der Waals surface area contributed by atoms with E-state index in [0.717, 1.165) is 79.4 Å². The number of halogens is 2. The van der Waals surface area contributed by atoms with Gasteiger partial charge in [0.2, 0.25) is 0 Å². The van der Waals surface area contributed by atoms with Crippen molar-refractivity contribution >= 4 is 94.0 Å². The molecule has 8 heterocycles. The Hall–Kier alpha value is -11.8. The van der Waals surface area contributed by atoms with E-state index in [4.69, 9.17) is 31.6 Å². The summed E-state index contributed by atoms with van der Waals surface area (Å²) in [5.41, 5.74) is 25.1. The Bertz CT molecular complexity index is 5340. The summed E-state index contributed by atoms with van der Waals surface area (Å²) in [5, 5.41) is 49.3. The summed E-state index contributed by atoms with van der Waals surface area (Å²) in [4.78, 5) is 34.4. The molecule has 8 aromatic heterocycles. The van der Waals surface area contributed by atoms with Crippen LogP contribution in [0.25, 0.3) is 77.4 Å². The van der Waals surface area contributed by atoms with Crippen molar-refractivity contribution in [3.05, 3.63) is 328 Å². The zero-order valence-electron chi connectivity index (χ0n) is 53.8. The minimum Gasteiger partial charge on any atom is -0.423 e. The summed E-state index contributed by atoms with van der Waals surface area (Å²) in [7, 11) is -1.38. The van der Waals surface area contributed by atoms with Gasteiger partial charge in [0.1, 0.15) is 45.6 Å². The number of aromatic nitrogens is 8. The fourth-order valence-corrected chi connectivity index (χ4v) is 11.1. The number of nitrogens with two attached hydrogens (primary N) is 1. The van der Waals surface area contributed by atoms with Gasteiger partial charge in [-0.1, -0.05) is 205 Å². The van der Waals surface area contributed by atoms with Gasteiger partial charge in [0, 0.05) is 98.1 Å². The first-order chi connectivity index (χ1) is 47.6. The summed E-state index contributed by atoms with van der Waals surface area (Å²) < 4.78 is 5.18. The Morgan fingerprint density at radius 2 is 0.837 bits per heavy atom. The van der Waals surface area contributed by atoms with Gasteiger partial charge in [-0.05, 0) is 180 Å². The molecule has 0 bridgehead atoms. The molecular weight excluding hydrogens is 1420 g/mol. The molecule has 0 radical (unpaired) electrons. The van der Waals surface area contributed by atoms with Gasteiger partial charge in [-0.3, -0.25) is 4.79 Å². The zero-order chi connectivity index (χ0) is 68.9. The van der Waals surface area contributed by atoms with Crippen LogP contribution in [0.5, 0.6) is 0 Å². The Balaban J connectivity index is 0.000000273. The maximum atomic E-state index is 11.4. The van der Waals surface area contributed by atoms with Crippen LogP contribution in [0.2, 0.25) is 0 Å². The summed E-state index contributed by atoms with van der Waals surface area (Å²) in [6.45, 7) is 7.98. The third kappa shape index (κ3) is 23.1. The normalized spacial score (nSPS) is 9.77. The minimum absolute atomic E-state index is 0. The number of hydrogen-bond acceptors (Lipinski definition) is 10. The van der Waals surface area contributed by atoms with E-state index in [2.05, 4.69) is 238 Å². The van der Waals surface area contributed by atoms with Crippen LogP contribution in [0.15, 0.2) is 272 Å². The highest BCUT2D eigenvalue weighted by molar-refractivity contribution is 9.10. The Morgan fingerprint density at radius 3 is 1.25 bits per heavy atom. The van der Waals surface area contributed by atoms with Crippen LogP contribution in [0.1, 0.15) is 106 Å². The first-order valence-electron chi connectivity index (χ1n) is 31.1. The fourth-order valence-electron chi connectivity index (χ4n) is 10.4. The van der Waals surface area contributed by atoms with Crippen molar-refractivity contribution in [2.24, 2.45) is 5.73 Å². The van der Waals surface area contributed by atoms with Gasteiger partial charge in [0.15, 0.2) is 0 Å². The number of aryl methyl sites for hydroxylation is 3. The van der Waals surface area contributed by atoms with Crippen LogP contribution in [-0.4, -0.2) is 62.1 Å². The lowest BCUT2D eigenvalue weighted by atomic mass is 9.80. The molecule has 104 heavy (non-hydrogen) atoms. The number of alkyl halides is 1. The molecule has 0 saturated carbocycles. The zero-order valence-corrected chi connectivity index (χ0v) is 56.9. The predicted molar refractivity (Wildman–Crippen MR) is 439 cm³/mol. The number of aromatic amines is 2. The van der Waals surface area contributed by atoms with Crippen LogP contribution >= 0.6 is 31.9 Å². The number of carbonyl (C=O) groups is 1. The van der Waals surface area contributed by atoms with Crippen molar-refractivity contribution < 1.29 is 14.8 Å². The highest BCUT2D eigenvalue weighted by Gasteiger charge is 2.12. The number of carbonyl (C=O) groups excluding carboxylic acids is 1. The molecule has 528 valence electrons. The number of H-pyrrole nitrogens is 2. The second-order valence-corrected chi connectivity index (χ2v) is 24.1. The lowest BCUT2D eigenvalue weighted by molar-refractivity contribution is 0.0995. The van der Waals surface area contributed by atoms with Gasteiger partial charge in [0.25, 0.3) is 5.91 Å². The maximum absolute atomic E-state index is 11.4. The first-order valence-corrected chi connectivity index (χ1v) is 33.0. The van der Waals surface area contributed by atoms with Crippen LogP contribution in [-0.2, 0) is 18.4 Å². The van der Waals surface area contributed by atoms with Crippen LogP contribution in [0, 0.1) is 54.8 Å². The van der Waals surface area contributed by atoms with Crippen LogP contribution in [0.3, 0.4) is 0 Å². The fraction of sp³-hybridized carbons (Fsp3) is 0.140. The topological polar surface area (TPSA) is 248 Å². The largest absolute Gasteiger partial charge is 0.488 e. The molecular formula is C86H89BBr2N12O3. The molecule has 15 nitrogen and oxygen atoms in total. The van der Waals surface area contributed by atoms with E-state index in [1.54, 1.807) is 54.6 Å². The Morgan fingerprint density at radius 1 is 0.452 bits per heavy atom. The van der Waals surface area contributed by atoms with E-state index in [1.165, 1.54) is 49.8 Å². The van der Waals surface area contributed by atoms with E-state index in [0.29, 0.717) is 27.1 Å². The van der Waals surface area contributed by atoms with Crippen LogP contribution in [0.4, 0.5) is 0 Å². The molecule has 0 aliphatic heterocycles. The number of rotatable bonds is 10. The smallest absolute Gasteiger partial charge is 0.423 e. The average molecular weight is 1510 g/mol. The van der Waals surface area contributed by atoms with E-state index < -0.39 is 13.0 Å². The summed E-state index contributed by atoms with van der Waals surface area (Å²) >= 11 is 6.52. The second kappa shape index (κ2) is 41.2. The number of primary amides is 1. The SMILES string of the molecule is C.C.C.C.C.C.Cc1ccc(CBr)cc1.Cc1ccc(Cn2ccc3cc(-c4cccc(C#N)n4)ccc32)cc1.Cc1ccc(Cn2ccc3cc(-c4cccc(C(N)=O)n4)ccc32)cc1.N#Cc1cccc(-c2ccc3[nH]ccc3c2)n1.N#Cc1cccc(Br)n1.OB(O)c1ccc2[nH]ccc2c1. The maximum Gasteiger partial charge on any atom is 0.488 e. The van der Waals surface area contributed by atoms with Gasteiger partial charge in [-0.15, -0.1) is 0 Å². The van der Waals surface area contributed by atoms with E-state index >= 15 is 0 Å². The van der Waals surface area contributed by atoms with Crippen molar-refractivity contribution in [2.45, 2.75) is 83.8 Å². The molecule has 15 rings (SSSR count). The first kappa shape index (κ1) is 84.6. The predicted octanol–water partition coefficient (Wildman–Crippen LogP) is 20.5. The van der Waals surface area contributed by atoms with Gasteiger partial charge >= 0.3 is 7.12 Å². The summed E-state index contributed by atoms with van der Waals surface area (Å²) in [6, 6.07) is 85.3. The van der Waals surface area contributed by atoms with Crippen molar-refractivity contribution in [1.29, 1.82) is 15.8 Å². The molecule has 0 aliphatic carbocycles. The summed E-state index contributed by atoms with van der Waals surface area (Å²) in [6.07, 6.45) is 7.95. The third-order valence-corrected chi connectivity index (χ3v) is 16.7. The lowest BCUT2D eigenvalue weighted by Crippen LogP contribution is -2.29. The number of hydrogen-bond donors (Lipinski definition) is 5. The molecule has 18 heteroatoms. The molecule has 0 spiro atoms. The highest BCUT2D eigenvalue weighted by Crippen LogP contribution is 2.28. The van der Waals surface area contributed by atoms with Crippen LogP contribution < -0.4 is 11.2 Å². The van der Waals surface area contributed by atoms with Crippen molar-refractivity contribution in [3.63, 3.8) is 0 Å². The standard InChI is InChI=1S/C22H19N3O.C22H17N3.C14H9N3.C8H8BNO2.C8H9Br.C6H3BrN2.6CH4/c1-15-5-7-16(8-6-15)14-25-12-11-18-13-17(9-10-21(18)25)19-3-2-4-20(24-19)22(23)26;1-16-5-7-17(8-6-16)15-25-12-11-19-13-18(9-10-22(19)25)21-4-2-3-20(14-23)24-21;15-9-12-2-1-3-14(17-12)10-4-5-13-11(8-10)6-7-16-13;11-9(12)7-1-2-8-6(5-7)3-4-10-8;1-7-2-4-8(6-9)5-3-7;7-6-3-1-2-5(4-8)9-6;;;;;;/h2-13H,14H2,1H3,(H2,23,26);2-13H,15H2,1H3;1-8,16H;1-5,10-12H;2-5H,6H2,1H3;1-3H;6*1H4. The molecule has 1 amide bonds. The number of nitrogens with one attached hydrogen (secondary N) is 2. The van der Waals surface area contributed by atoms with Gasteiger partial charge in [-0.2, -0.15) is 15.8 Å². The van der Waals surface area contributed by atoms with E-state index in [-0.39, 0.29) is 50.3 Å². The molecule has 0 saturated heterocycles. The van der Waals surface area contributed by atoms with Crippen molar-refractivity contribution in [1.82, 2.24) is 39.0 Å². The highest BCUT2D eigenvalue weighted by atomic mass is 79.9. The molecule has 6 N–H and O–H groups in total. The van der Waals surface area contributed by atoms with Crippen molar-refractivity contribution in [3.8, 4) is 52.0 Å². The minimum atomic E-state index is -1.38. The van der Waals surface area contributed by atoms with Gasteiger partial charge in [-0.25, -0.2) is 19.9 Å². The Labute approximate surface area is 629 Å². The third-order valence-electron chi connectivity index (χ3n) is 15.6. The molecule has 7 aromatic carbocycles. The monoisotopic (exact) mass is 1510 g/mol. The number of pyridine rings is 4. The number of fused-ring (bicyclic) bond motifs is 4. The number of amides is 1. The Kier molecular flexibility index (Phi) is 33.5. The molecule has 0 aliphatic rings. The average Bonchev–Trinajstić information content (AvgIpc) is 1.60. The van der Waals surface area contributed by atoms with Crippen molar-refractivity contribution in [2.75, 3.05) is 0 Å². The molecule has 0 atom stereocenters. The second-order valence-electron chi connectivity index (χ2n) is 22.8. The molecule has 0 unspecified atom stereocenters. The summed E-state index contributed by atoms with van der Waals surface area (Å²) in [5.74, 6) is -0.517.